The van der Waals surface area contributed by atoms with E-state index < -0.39 is 0 Å². The first-order valence-corrected chi connectivity index (χ1v) is 7.81. The van der Waals surface area contributed by atoms with Gasteiger partial charge in [-0.15, -0.1) is 0 Å². The minimum absolute atomic E-state index is 0.104. The van der Waals surface area contributed by atoms with Gasteiger partial charge in [0.15, 0.2) is 5.11 Å². The van der Waals surface area contributed by atoms with Crippen LogP contribution in [-0.2, 0) is 11.3 Å². The number of Topliss-reactive ketones (excluding diaryl/α,β-unsaturated/α-hetero) is 1. The van der Waals surface area contributed by atoms with Gasteiger partial charge in [0.25, 0.3) is 0 Å². The van der Waals surface area contributed by atoms with Crippen LogP contribution in [0.5, 0.6) is 0 Å². The first kappa shape index (κ1) is 15.4. The van der Waals surface area contributed by atoms with Gasteiger partial charge in [-0.2, -0.15) is 0 Å². The summed E-state index contributed by atoms with van der Waals surface area (Å²) in [6.07, 6.45) is 0. The molecule has 0 amide bonds. The van der Waals surface area contributed by atoms with E-state index in [0.29, 0.717) is 18.2 Å². The molecule has 0 saturated carbocycles. The molecule has 5 heteroatoms. The Balaban J connectivity index is 1.87. The molecule has 0 aliphatic carbocycles. The minimum Gasteiger partial charge on any atom is -0.344 e. The molecule has 23 heavy (non-hydrogen) atoms. The van der Waals surface area contributed by atoms with Crippen LogP contribution in [0, 0.1) is 0 Å². The summed E-state index contributed by atoms with van der Waals surface area (Å²) in [6.45, 7) is 2.60. The maximum absolute atomic E-state index is 11.5. The van der Waals surface area contributed by atoms with Gasteiger partial charge in [-0.25, -0.2) is 4.99 Å². The van der Waals surface area contributed by atoms with Gasteiger partial charge >= 0.3 is 0 Å². The fraction of sp³-hybridized carbons (Fsp3) is 0.167. The number of para-hydroxylation sites is 1. The first-order valence-electron chi connectivity index (χ1n) is 7.41. The molecule has 0 radical (unpaired) electrons. The van der Waals surface area contributed by atoms with E-state index in [1.165, 1.54) is 0 Å². The summed E-state index contributed by atoms with van der Waals surface area (Å²) in [7, 11) is 0. The smallest absolute Gasteiger partial charge is 0.199 e. The van der Waals surface area contributed by atoms with Gasteiger partial charge in [-0.05, 0) is 36.8 Å². The maximum Gasteiger partial charge on any atom is 0.199 e. The molecule has 0 saturated heterocycles. The van der Waals surface area contributed by atoms with Crippen molar-refractivity contribution in [3.8, 4) is 0 Å². The van der Waals surface area contributed by atoms with Gasteiger partial charge in [0.2, 0.25) is 0 Å². The molecule has 1 aliphatic heterocycles. The van der Waals surface area contributed by atoms with E-state index in [0.717, 1.165) is 22.6 Å². The van der Waals surface area contributed by atoms with Crippen LogP contribution < -0.4 is 5.32 Å². The second kappa shape index (κ2) is 6.71. The maximum atomic E-state index is 11.5. The van der Waals surface area contributed by atoms with E-state index in [1.54, 1.807) is 6.92 Å². The van der Waals surface area contributed by atoms with E-state index in [4.69, 9.17) is 12.2 Å². The highest BCUT2D eigenvalue weighted by Gasteiger charge is 2.26. The van der Waals surface area contributed by atoms with E-state index in [9.17, 15) is 4.79 Å². The molecule has 1 aliphatic rings. The number of hydrogen-bond donors (Lipinski definition) is 1. The van der Waals surface area contributed by atoms with Gasteiger partial charge < -0.3 is 10.2 Å². The molecule has 0 spiro atoms. The fourth-order valence-corrected chi connectivity index (χ4v) is 2.83. The Hall–Kier alpha value is -2.53. The zero-order valence-corrected chi connectivity index (χ0v) is 13.6. The largest absolute Gasteiger partial charge is 0.344 e. The lowest BCUT2D eigenvalue weighted by molar-refractivity contribution is -0.117. The number of carbonyl (C=O) groups is 1. The quantitative estimate of drug-likeness (QED) is 0.881. The molecule has 0 fully saturated rings. The average Bonchev–Trinajstić information content (AvgIpc) is 2.85. The second-order valence-electron chi connectivity index (χ2n) is 5.45. The van der Waals surface area contributed by atoms with Crippen molar-refractivity contribution in [1.29, 1.82) is 0 Å². The first-order chi connectivity index (χ1) is 11.1. The number of anilines is 1. The summed E-state index contributed by atoms with van der Waals surface area (Å²) < 4.78 is 0. The van der Waals surface area contributed by atoms with Crippen LogP contribution in [0.1, 0.15) is 18.1 Å². The summed E-state index contributed by atoms with van der Waals surface area (Å²) in [5.74, 6) is 0.858. The molecule has 2 aromatic rings. The molecule has 1 N–H and O–H groups in total. The molecule has 3 rings (SSSR count). The highest BCUT2D eigenvalue weighted by atomic mass is 32.1. The Kier molecular flexibility index (Phi) is 4.48. The number of amidine groups is 1. The van der Waals surface area contributed by atoms with Crippen LogP contribution >= 0.6 is 12.2 Å². The van der Waals surface area contributed by atoms with Crippen molar-refractivity contribution in [1.82, 2.24) is 4.90 Å². The van der Waals surface area contributed by atoms with Crippen LogP contribution in [0.2, 0.25) is 0 Å². The second-order valence-corrected chi connectivity index (χ2v) is 5.83. The van der Waals surface area contributed by atoms with Crippen LogP contribution in [0.15, 0.2) is 59.6 Å². The predicted molar refractivity (Wildman–Crippen MR) is 96.7 cm³/mol. The number of hydrogen-bond acceptors (Lipinski definition) is 2. The van der Waals surface area contributed by atoms with Crippen molar-refractivity contribution < 1.29 is 4.79 Å². The van der Waals surface area contributed by atoms with Crippen LogP contribution in [0.4, 0.5) is 5.69 Å². The summed E-state index contributed by atoms with van der Waals surface area (Å²) in [5, 5.41) is 3.49. The molecule has 0 atom stereocenters. The van der Waals surface area contributed by atoms with E-state index >= 15 is 0 Å². The van der Waals surface area contributed by atoms with Gasteiger partial charge in [-0.3, -0.25) is 4.79 Å². The zero-order valence-electron chi connectivity index (χ0n) is 12.8. The Labute approximate surface area is 140 Å². The van der Waals surface area contributed by atoms with Crippen LogP contribution in [-0.4, -0.2) is 28.2 Å². The Bertz CT molecular complexity index is 771. The number of rotatable bonds is 3. The van der Waals surface area contributed by atoms with Crippen molar-refractivity contribution in [2.75, 3.05) is 11.9 Å². The van der Waals surface area contributed by atoms with E-state index in [2.05, 4.69) is 16.4 Å². The highest BCUT2D eigenvalue weighted by molar-refractivity contribution is 7.80. The summed E-state index contributed by atoms with van der Waals surface area (Å²) in [4.78, 5) is 18.1. The average molecular weight is 323 g/mol. The molecule has 0 bridgehead atoms. The number of thiocarbonyl (C=S) groups is 1. The molecule has 0 aromatic heterocycles. The normalized spacial score (nSPS) is 14.7. The summed E-state index contributed by atoms with van der Waals surface area (Å²) in [6, 6.07) is 17.7. The zero-order chi connectivity index (χ0) is 16.2. The molecule has 1 heterocycles. The number of carbonyl (C=O) groups excluding carboxylic acids is 1. The summed E-state index contributed by atoms with van der Waals surface area (Å²) in [5.41, 5.74) is 3.09. The number of fused-ring (bicyclic) bond motifs is 1. The third kappa shape index (κ3) is 3.63. The molecule has 0 unspecified atom stereocenters. The van der Waals surface area contributed by atoms with Gasteiger partial charge in [0.1, 0.15) is 11.6 Å². The number of aliphatic imine (C=N–C) groups is 1. The van der Waals surface area contributed by atoms with Crippen molar-refractivity contribution in [2.45, 2.75) is 13.5 Å². The standard InChI is InChI=1S/C18H17N3OS/c1-13(22)11-21-12-14-7-5-6-10-16(14)17(21)20-18(23)19-15-8-3-2-4-9-15/h2-10H,11-12H2,1H3,(H,19,23)/b20-17-. The lowest BCUT2D eigenvalue weighted by Crippen LogP contribution is -2.30. The molecule has 2 aromatic carbocycles. The van der Waals surface area contributed by atoms with E-state index in [1.807, 2.05) is 53.4 Å². The molecule has 116 valence electrons. The van der Waals surface area contributed by atoms with Gasteiger partial charge in [0.05, 0.1) is 6.54 Å². The number of nitrogens with one attached hydrogen (secondary N) is 1. The summed E-state index contributed by atoms with van der Waals surface area (Å²) >= 11 is 5.36. The van der Waals surface area contributed by atoms with Crippen molar-refractivity contribution >= 4 is 34.6 Å². The number of benzene rings is 2. The van der Waals surface area contributed by atoms with Gasteiger partial charge in [0, 0.05) is 17.8 Å². The van der Waals surface area contributed by atoms with Crippen molar-refractivity contribution in [2.24, 2.45) is 4.99 Å². The number of nitrogens with zero attached hydrogens (tertiary/aromatic N) is 2. The lowest BCUT2D eigenvalue weighted by Gasteiger charge is -2.17. The predicted octanol–water partition coefficient (Wildman–Crippen LogP) is 3.23. The Morgan fingerprint density at radius 1 is 1.17 bits per heavy atom. The monoisotopic (exact) mass is 323 g/mol. The molecular formula is C18H17N3OS. The minimum atomic E-state index is 0.104. The SMILES string of the molecule is CC(=O)CN1Cc2ccccc2/C1=N/C(=S)Nc1ccccc1. The topological polar surface area (TPSA) is 44.7 Å². The molecular weight excluding hydrogens is 306 g/mol. The van der Waals surface area contributed by atoms with E-state index in [-0.39, 0.29) is 5.78 Å². The van der Waals surface area contributed by atoms with Crippen molar-refractivity contribution in [3.05, 3.63) is 65.7 Å². The number of ketones is 1. The van der Waals surface area contributed by atoms with Crippen molar-refractivity contribution in [3.63, 3.8) is 0 Å². The highest BCUT2D eigenvalue weighted by Crippen LogP contribution is 2.23. The third-order valence-electron chi connectivity index (χ3n) is 3.57. The third-order valence-corrected chi connectivity index (χ3v) is 3.76. The lowest BCUT2D eigenvalue weighted by atomic mass is 10.1. The van der Waals surface area contributed by atoms with Crippen LogP contribution in [0.3, 0.4) is 0 Å². The fourth-order valence-electron chi connectivity index (χ4n) is 2.63. The molecule has 4 nitrogen and oxygen atoms in total. The van der Waals surface area contributed by atoms with Gasteiger partial charge in [-0.1, -0.05) is 42.5 Å². The Morgan fingerprint density at radius 2 is 1.87 bits per heavy atom. The Morgan fingerprint density at radius 3 is 2.61 bits per heavy atom. The van der Waals surface area contributed by atoms with Crippen LogP contribution in [0.25, 0.3) is 0 Å².